The average Bonchev–Trinajstić information content (AvgIpc) is 2.01. The summed E-state index contributed by atoms with van der Waals surface area (Å²) in [6.45, 7) is 5.36. The standard InChI is InChI=1S/C9H13N3O2/c1-9(2,3)14-8(13)6-4-11-12-5-7(6)10/h4-5H,1-3H3,(H2,10,11). The smallest absolute Gasteiger partial charge is 0.342 e. The first-order chi connectivity index (χ1) is 6.40. The van der Waals surface area contributed by atoms with Crippen molar-refractivity contribution >= 4 is 11.7 Å². The van der Waals surface area contributed by atoms with Crippen molar-refractivity contribution in [2.45, 2.75) is 26.4 Å². The molecule has 1 aromatic rings. The maximum Gasteiger partial charge on any atom is 0.342 e. The summed E-state index contributed by atoms with van der Waals surface area (Å²) in [5, 5.41) is 7.11. The number of esters is 1. The Morgan fingerprint density at radius 2 is 1.93 bits per heavy atom. The molecular formula is C9H13N3O2. The lowest BCUT2D eigenvalue weighted by atomic mass is 10.2. The van der Waals surface area contributed by atoms with E-state index in [4.69, 9.17) is 10.5 Å². The third-order valence-corrected chi connectivity index (χ3v) is 1.38. The minimum Gasteiger partial charge on any atom is -0.456 e. The number of rotatable bonds is 1. The van der Waals surface area contributed by atoms with Crippen LogP contribution in [0.4, 0.5) is 5.69 Å². The zero-order chi connectivity index (χ0) is 10.8. The predicted octanol–water partition coefficient (Wildman–Crippen LogP) is 1.01. The molecule has 0 amide bonds. The van der Waals surface area contributed by atoms with E-state index in [1.165, 1.54) is 12.4 Å². The summed E-state index contributed by atoms with van der Waals surface area (Å²) < 4.78 is 5.12. The van der Waals surface area contributed by atoms with Gasteiger partial charge in [-0.15, -0.1) is 0 Å². The molecular weight excluding hydrogens is 182 g/mol. The molecule has 0 bridgehead atoms. The molecule has 0 aromatic carbocycles. The number of hydrogen-bond acceptors (Lipinski definition) is 5. The van der Waals surface area contributed by atoms with Crippen molar-refractivity contribution < 1.29 is 9.53 Å². The quantitative estimate of drug-likeness (QED) is 0.677. The lowest BCUT2D eigenvalue weighted by Gasteiger charge is -2.19. The fourth-order valence-corrected chi connectivity index (χ4v) is 0.834. The summed E-state index contributed by atoms with van der Waals surface area (Å²) in [7, 11) is 0. The van der Waals surface area contributed by atoms with E-state index in [-0.39, 0.29) is 11.3 Å². The molecule has 0 saturated heterocycles. The Balaban J connectivity index is 2.86. The van der Waals surface area contributed by atoms with Crippen molar-refractivity contribution in [3.05, 3.63) is 18.0 Å². The molecule has 0 fully saturated rings. The molecule has 14 heavy (non-hydrogen) atoms. The van der Waals surface area contributed by atoms with Gasteiger partial charge in [0.15, 0.2) is 0 Å². The van der Waals surface area contributed by atoms with Crippen molar-refractivity contribution in [3.63, 3.8) is 0 Å². The number of nitrogen functional groups attached to an aromatic ring is 1. The monoisotopic (exact) mass is 195 g/mol. The highest BCUT2D eigenvalue weighted by atomic mass is 16.6. The van der Waals surface area contributed by atoms with Crippen LogP contribution in [0.2, 0.25) is 0 Å². The van der Waals surface area contributed by atoms with Crippen LogP contribution >= 0.6 is 0 Å². The number of ether oxygens (including phenoxy) is 1. The maximum absolute atomic E-state index is 11.5. The second-order valence-corrected chi connectivity index (χ2v) is 3.86. The van der Waals surface area contributed by atoms with Crippen LogP contribution in [0.1, 0.15) is 31.1 Å². The number of anilines is 1. The van der Waals surface area contributed by atoms with Gasteiger partial charge in [-0.3, -0.25) is 0 Å². The molecule has 1 rings (SSSR count). The summed E-state index contributed by atoms with van der Waals surface area (Å²) >= 11 is 0. The maximum atomic E-state index is 11.5. The van der Waals surface area contributed by atoms with Gasteiger partial charge in [-0.2, -0.15) is 10.2 Å². The lowest BCUT2D eigenvalue weighted by Crippen LogP contribution is -2.24. The fourth-order valence-electron chi connectivity index (χ4n) is 0.834. The van der Waals surface area contributed by atoms with Gasteiger partial charge >= 0.3 is 5.97 Å². The highest BCUT2D eigenvalue weighted by molar-refractivity contribution is 5.94. The first kappa shape index (κ1) is 10.4. The number of nitrogens with two attached hydrogens (primary N) is 1. The average molecular weight is 195 g/mol. The molecule has 1 aromatic heterocycles. The van der Waals surface area contributed by atoms with E-state index in [0.29, 0.717) is 0 Å². The van der Waals surface area contributed by atoms with Gasteiger partial charge in [-0.05, 0) is 20.8 Å². The largest absolute Gasteiger partial charge is 0.456 e. The molecule has 0 radical (unpaired) electrons. The van der Waals surface area contributed by atoms with Gasteiger partial charge in [0.2, 0.25) is 0 Å². The highest BCUT2D eigenvalue weighted by Crippen LogP contribution is 2.14. The Kier molecular flexibility index (Phi) is 2.69. The Morgan fingerprint density at radius 3 is 2.43 bits per heavy atom. The summed E-state index contributed by atoms with van der Waals surface area (Å²) in [6.07, 6.45) is 2.61. The third-order valence-electron chi connectivity index (χ3n) is 1.38. The molecule has 0 saturated carbocycles. The Labute approximate surface area is 82.3 Å². The van der Waals surface area contributed by atoms with Gasteiger partial charge in [0.25, 0.3) is 0 Å². The van der Waals surface area contributed by atoms with E-state index in [1.807, 2.05) is 0 Å². The molecule has 2 N–H and O–H groups in total. The fraction of sp³-hybridized carbons (Fsp3) is 0.444. The normalized spacial score (nSPS) is 11.1. The van der Waals surface area contributed by atoms with Gasteiger partial charge < -0.3 is 10.5 Å². The SMILES string of the molecule is CC(C)(C)OC(=O)c1cnncc1N. The molecule has 0 aliphatic rings. The van der Waals surface area contributed by atoms with E-state index < -0.39 is 11.6 Å². The molecule has 0 unspecified atom stereocenters. The molecule has 5 nitrogen and oxygen atoms in total. The Morgan fingerprint density at radius 1 is 1.36 bits per heavy atom. The highest BCUT2D eigenvalue weighted by Gasteiger charge is 2.19. The number of hydrogen-bond donors (Lipinski definition) is 1. The van der Waals surface area contributed by atoms with Gasteiger partial charge in [-0.25, -0.2) is 4.79 Å². The third kappa shape index (κ3) is 2.69. The van der Waals surface area contributed by atoms with Gasteiger partial charge in [-0.1, -0.05) is 0 Å². The van der Waals surface area contributed by atoms with Crippen LogP contribution in [0, 0.1) is 0 Å². The van der Waals surface area contributed by atoms with Crippen LogP contribution in [-0.4, -0.2) is 21.8 Å². The van der Waals surface area contributed by atoms with Crippen LogP contribution in [0.25, 0.3) is 0 Å². The van der Waals surface area contributed by atoms with Crippen molar-refractivity contribution in [2.75, 3.05) is 5.73 Å². The molecule has 1 heterocycles. The van der Waals surface area contributed by atoms with Gasteiger partial charge in [0, 0.05) is 0 Å². The second-order valence-electron chi connectivity index (χ2n) is 3.86. The number of nitrogens with zero attached hydrogens (tertiary/aromatic N) is 2. The van der Waals surface area contributed by atoms with E-state index in [1.54, 1.807) is 20.8 Å². The van der Waals surface area contributed by atoms with Gasteiger partial charge in [0.05, 0.1) is 18.1 Å². The first-order valence-electron chi connectivity index (χ1n) is 4.19. The van der Waals surface area contributed by atoms with Crippen molar-refractivity contribution in [1.82, 2.24) is 10.2 Å². The van der Waals surface area contributed by atoms with Crippen LogP contribution < -0.4 is 5.73 Å². The summed E-state index contributed by atoms with van der Waals surface area (Å²) in [4.78, 5) is 11.5. The minimum atomic E-state index is -0.535. The number of carbonyl (C=O) groups excluding carboxylic acids is 1. The van der Waals surface area contributed by atoms with E-state index in [0.717, 1.165) is 0 Å². The molecule has 5 heteroatoms. The summed E-state index contributed by atoms with van der Waals surface area (Å²) in [5.74, 6) is -0.482. The zero-order valence-electron chi connectivity index (χ0n) is 8.44. The van der Waals surface area contributed by atoms with Crippen LogP contribution in [0.3, 0.4) is 0 Å². The zero-order valence-corrected chi connectivity index (χ0v) is 8.44. The molecule has 0 atom stereocenters. The minimum absolute atomic E-state index is 0.245. The topological polar surface area (TPSA) is 78.1 Å². The van der Waals surface area contributed by atoms with Crippen molar-refractivity contribution in [3.8, 4) is 0 Å². The number of carbonyl (C=O) groups is 1. The molecule has 0 aliphatic carbocycles. The van der Waals surface area contributed by atoms with E-state index >= 15 is 0 Å². The molecule has 0 aliphatic heterocycles. The van der Waals surface area contributed by atoms with Gasteiger partial charge in [0.1, 0.15) is 11.2 Å². The first-order valence-corrected chi connectivity index (χ1v) is 4.19. The van der Waals surface area contributed by atoms with Crippen molar-refractivity contribution in [1.29, 1.82) is 0 Å². The molecule has 76 valence electrons. The van der Waals surface area contributed by atoms with Crippen LogP contribution in [0.5, 0.6) is 0 Å². The van der Waals surface area contributed by atoms with E-state index in [2.05, 4.69) is 10.2 Å². The second kappa shape index (κ2) is 3.61. The summed E-state index contributed by atoms with van der Waals surface area (Å²) in [5.41, 5.74) is 5.52. The Bertz CT molecular complexity index is 344. The molecule has 0 spiro atoms. The van der Waals surface area contributed by atoms with E-state index in [9.17, 15) is 4.79 Å². The van der Waals surface area contributed by atoms with Crippen LogP contribution in [-0.2, 0) is 4.74 Å². The van der Waals surface area contributed by atoms with Crippen molar-refractivity contribution in [2.24, 2.45) is 0 Å². The lowest BCUT2D eigenvalue weighted by molar-refractivity contribution is 0.00702. The predicted molar refractivity (Wildman–Crippen MR) is 51.6 cm³/mol. The number of aromatic nitrogens is 2. The Hall–Kier alpha value is -1.65. The summed E-state index contributed by atoms with van der Waals surface area (Å²) in [6, 6.07) is 0. The van der Waals surface area contributed by atoms with Crippen LogP contribution in [0.15, 0.2) is 12.4 Å².